The Morgan fingerprint density at radius 3 is 2.62 bits per heavy atom. The summed E-state index contributed by atoms with van der Waals surface area (Å²) < 4.78 is 5.38. The average molecular weight is 324 g/mol. The van der Waals surface area contributed by atoms with Gasteiger partial charge < -0.3 is 15.0 Å². The molecule has 0 radical (unpaired) electrons. The van der Waals surface area contributed by atoms with Crippen LogP contribution in [0.1, 0.15) is 34.5 Å². The van der Waals surface area contributed by atoms with Crippen LogP contribution in [-0.4, -0.2) is 30.4 Å². The van der Waals surface area contributed by atoms with Gasteiger partial charge in [-0.2, -0.15) is 0 Å². The molecule has 0 bridgehead atoms. The molecule has 2 aromatic carbocycles. The number of ether oxygens (including phenoxy) is 1. The number of anilines is 1. The monoisotopic (exact) mass is 324 g/mol. The van der Waals surface area contributed by atoms with Crippen molar-refractivity contribution in [2.24, 2.45) is 0 Å². The summed E-state index contributed by atoms with van der Waals surface area (Å²) in [6, 6.07) is 13.2. The summed E-state index contributed by atoms with van der Waals surface area (Å²) in [6.07, 6.45) is 0. The van der Waals surface area contributed by atoms with Crippen molar-refractivity contribution in [3.63, 3.8) is 0 Å². The summed E-state index contributed by atoms with van der Waals surface area (Å²) in [5, 5.41) is 2.72. The van der Waals surface area contributed by atoms with E-state index in [0.717, 1.165) is 5.56 Å². The van der Waals surface area contributed by atoms with Crippen LogP contribution in [0.3, 0.4) is 0 Å². The van der Waals surface area contributed by atoms with E-state index in [-0.39, 0.29) is 24.5 Å². The molecule has 0 fully saturated rings. The molecule has 1 aliphatic heterocycles. The highest BCUT2D eigenvalue weighted by molar-refractivity contribution is 5.99. The zero-order valence-electron chi connectivity index (χ0n) is 14.0. The summed E-state index contributed by atoms with van der Waals surface area (Å²) in [7, 11) is 1.79. The van der Waals surface area contributed by atoms with Crippen LogP contribution in [0, 0.1) is 6.92 Å². The normalized spacial score (nSPS) is 14.2. The molecular formula is C19H20N2O3. The highest BCUT2D eigenvalue weighted by atomic mass is 16.5. The van der Waals surface area contributed by atoms with Gasteiger partial charge >= 0.3 is 0 Å². The zero-order valence-corrected chi connectivity index (χ0v) is 14.0. The zero-order chi connectivity index (χ0) is 17.3. The lowest BCUT2D eigenvalue weighted by molar-refractivity contribution is -0.118. The molecule has 2 amide bonds. The van der Waals surface area contributed by atoms with Crippen molar-refractivity contribution < 1.29 is 14.3 Å². The molecule has 0 saturated carbocycles. The van der Waals surface area contributed by atoms with Crippen LogP contribution in [0.4, 0.5) is 5.69 Å². The molecule has 5 heteroatoms. The molecule has 1 atom stereocenters. The number of carbonyl (C=O) groups is 2. The number of aryl methyl sites for hydroxylation is 1. The van der Waals surface area contributed by atoms with Crippen LogP contribution < -0.4 is 10.1 Å². The molecule has 0 saturated heterocycles. The number of hydrogen-bond acceptors (Lipinski definition) is 3. The Morgan fingerprint density at radius 2 is 1.92 bits per heavy atom. The maximum Gasteiger partial charge on any atom is 0.262 e. The molecule has 1 N–H and O–H groups in total. The third kappa shape index (κ3) is 3.11. The van der Waals surface area contributed by atoms with Gasteiger partial charge in [-0.1, -0.05) is 29.8 Å². The van der Waals surface area contributed by atoms with E-state index < -0.39 is 0 Å². The van der Waals surface area contributed by atoms with E-state index in [1.54, 1.807) is 30.1 Å². The average Bonchev–Trinajstić information content (AvgIpc) is 2.60. The second-order valence-corrected chi connectivity index (χ2v) is 6.05. The second kappa shape index (κ2) is 6.35. The van der Waals surface area contributed by atoms with Crippen LogP contribution in [0.25, 0.3) is 0 Å². The number of rotatable bonds is 3. The SMILES string of the molecule is Cc1ccc(C(C)N(C)C(=O)c2ccc3c(c2)OCC(=O)N3)cc1. The first-order valence-electron chi connectivity index (χ1n) is 7.86. The van der Waals surface area contributed by atoms with E-state index in [1.165, 1.54) is 5.56 Å². The predicted molar refractivity (Wildman–Crippen MR) is 92.3 cm³/mol. The number of fused-ring (bicyclic) bond motifs is 1. The molecular weight excluding hydrogens is 304 g/mol. The van der Waals surface area contributed by atoms with Crippen LogP contribution in [0.15, 0.2) is 42.5 Å². The molecule has 1 heterocycles. The first kappa shape index (κ1) is 16.1. The van der Waals surface area contributed by atoms with Gasteiger partial charge in [0.1, 0.15) is 5.75 Å². The quantitative estimate of drug-likeness (QED) is 0.943. The smallest absolute Gasteiger partial charge is 0.262 e. The Morgan fingerprint density at radius 1 is 1.21 bits per heavy atom. The number of nitrogens with one attached hydrogen (secondary N) is 1. The number of amides is 2. The minimum absolute atomic E-state index is 0.0275. The third-order valence-electron chi connectivity index (χ3n) is 4.32. The molecule has 2 aromatic rings. The number of carbonyl (C=O) groups excluding carboxylic acids is 2. The number of hydrogen-bond donors (Lipinski definition) is 1. The molecule has 0 spiro atoms. The maximum atomic E-state index is 12.8. The van der Waals surface area contributed by atoms with Crippen molar-refractivity contribution in [2.45, 2.75) is 19.9 Å². The molecule has 5 nitrogen and oxygen atoms in total. The topological polar surface area (TPSA) is 58.6 Å². The Hall–Kier alpha value is -2.82. The van der Waals surface area contributed by atoms with Gasteiger partial charge in [-0.25, -0.2) is 0 Å². The molecule has 1 aliphatic rings. The van der Waals surface area contributed by atoms with E-state index in [9.17, 15) is 9.59 Å². The Kier molecular flexibility index (Phi) is 4.25. The summed E-state index contributed by atoms with van der Waals surface area (Å²) in [4.78, 5) is 25.8. The lowest BCUT2D eigenvalue weighted by Crippen LogP contribution is -2.30. The maximum absolute atomic E-state index is 12.8. The van der Waals surface area contributed by atoms with Crippen molar-refractivity contribution >= 4 is 17.5 Å². The molecule has 124 valence electrons. The minimum Gasteiger partial charge on any atom is -0.482 e. The van der Waals surface area contributed by atoms with Gasteiger partial charge in [0, 0.05) is 12.6 Å². The first-order chi connectivity index (χ1) is 11.5. The van der Waals surface area contributed by atoms with E-state index in [4.69, 9.17) is 4.74 Å². The van der Waals surface area contributed by atoms with Crippen molar-refractivity contribution in [2.75, 3.05) is 19.0 Å². The van der Waals surface area contributed by atoms with E-state index in [0.29, 0.717) is 17.0 Å². The Labute approximate surface area is 141 Å². The van der Waals surface area contributed by atoms with Crippen LogP contribution in [0.5, 0.6) is 5.75 Å². The fourth-order valence-corrected chi connectivity index (χ4v) is 2.66. The standard InChI is InChI=1S/C19H20N2O3/c1-12-4-6-14(7-5-12)13(2)21(3)19(23)15-8-9-16-17(10-15)24-11-18(22)20-16/h4-10,13H,11H2,1-3H3,(H,20,22). The van der Waals surface area contributed by atoms with Crippen molar-refractivity contribution in [1.29, 1.82) is 0 Å². The second-order valence-electron chi connectivity index (χ2n) is 6.05. The van der Waals surface area contributed by atoms with Crippen LogP contribution >= 0.6 is 0 Å². The van der Waals surface area contributed by atoms with Crippen molar-refractivity contribution in [1.82, 2.24) is 4.90 Å². The molecule has 3 rings (SSSR count). The largest absolute Gasteiger partial charge is 0.482 e. The molecule has 24 heavy (non-hydrogen) atoms. The lowest BCUT2D eigenvalue weighted by Gasteiger charge is -2.26. The van der Waals surface area contributed by atoms with Gasteiger partial charge in [0.25, 0.3) is 11.8 Å². The highest BCUT2D eigenvalue weighted by Gasteiger charge is 2.22. The summed E-state index contributed by atoms with van der Waals surface area (Å²) in [6.45, 7) is 4.01. The van der Waals surface area contributed by atoms with E-state index >= 15 is 0 Å². The Bertz CT molecular complexity index is 784. The van der Waals surface area contributed by atoms with Crippen LogP contribution in [-0.2, 0) is 4.79 Å². The molecule has 0 aromatic heterocycles. The summed E-state index contributed by atoms with van der Waals surface area (Å²) in [5.41, 5.74) is 3.40. The molecule has 0 aliphatic carbocycles. The predicted octanol–water partition coefficient (Wildman–Crippen LogP) is 3.16. The van der Waals surface area contributed by atoms with Gasteiger partial charge in [0.15, 0.2) is 6.61 Å². The fraction of sp³-hybridized carbons (Fsp3) is 0.263. The van der Waals surface area contributed by atoms with Gasteiger partial charge in [0.2, 0.25) is 0 Å². The van der Waals surface area contributed by atoms with Gasteiger partial charge in [0.05, 0.1) is 11.7 Å². The van der Waals surface area contributed by atoms with Gasteiger partial charge in [-0.05, 0) is 37.6 Å². The van der Waals surface area contributed by atoms with E-state index in [1.807, 2.05) is 38.1 Å². The van der Waals surface area contributed by atoms with E-state index in [2.05, 4.69) is 5.32 Å². The number of benzene rings is 2. The first-order valence-corrected chi connectivity index (χ1v) is 7.86. The Balaban J connectivity index is 1.80. The minimum atomic E-state index is -0.188. The lowest BCUT2D eigenvalue weighted by atomic mass is 10.0. The van der Waals surface area contributed by atoms with Gasteiger partial charge in [-0.3, -0.25) is 9.59 Å². The molecule has 1 unspecified atom stereocenters. The summed E-state index contributed by atoms with van der Waals surface area (Å²) >= 11 is 0. The number of nitrogens with zero attached hydrogens (tertiary/aromatic N) is 1. The van der Waals surface area contributed by atoms with Crippen molar-refractivity contribution in [3.8, 4) is 5.75 Å². The van der Waals surface area contributed by atoms with Crippen LogP contribution in [0.2, 0.25) is 0 Å². The highest BCUT2D eigenvalue weighted by Crippen LogP contribution is 2.30. The fourth-order valence-electron chi connectivity index (χ4n) is 2.66. The van der Waals surface area contributed by atoms with Gasteiger partial charge in [-0.15, -0.1) is 0 Å². The van der Waals surface area contributed by atoms with Crippen molar-refractivity contribution in [3.05, 3.63) is 59.2 Å². The third-order valence-corrected chi connectivity index (χ3v) is 4.32. The summed E-state index contributed by atoms with van der Waals surface area (Å²) in [5.74, 6) is 0.245.